The Balaban J connectivity index is 1.86. The second-order valence-electron chi connectivity index (χ2n) is 5.50. The summed E-state index contributed by atoms with van der Waals surface area (Å²) in [5, 5.41) is 2.95. The first-order valence-corrected chi connectivity index (χ1v) is 8.84. The second kappa shape index (κ2) is 6.19. The Morgan fingerprint density at radius 3 is 2.53 bits per heavy atom. The van der Waals surface area contributed by atoms with Crippen molar-refractivity contribution in [3.05, 3.63) is 0 Å². The molecule has 6 nitrogen and oxygen atoms in total. The molecular weight excluding hydrogens is 266 g/mol. The Kier molecular flexibility index (Phi) is 4.81. The van der Waals surface area contributed by atoms with Crippen LogP contribution in [0.4, 0.5) is 0 Å². The molecule has 2 heterocycles. The van der Waals surface area contributed by atoms with Crippen molar-refractivity contribution in [2.75, 3.05) is 25.9 Å². The summed E-state index contributed by atoms with van der Waals surface area (Å²) in [6.07, 6.45) is 5.78. The third-order valence-corrected chi connectivity index (χ3v) is 4.62. The van der Waals surface area contributed by atoms with Gasteiger partial charge in [0.25, 0.3) is 0 Å². The van der Waals surface area contributed by atoms with Crippen LogP contribution in [0, 0.1) is 0 Å². The lowest BCUT2D eigenvalue weighted by molar-refractivity contribution is -0.126. The van der Waals surface area contributed by atoms with Gasteiger partial charge < -0.3 is 5.32 Å². The van der Waals surface area contributed by atoms with Crippen LogP contribution in [-0.4, -0.2) is 57.2 Å². The zero-order valence-electron chi connectivity index (χ0n) is 11.4. The van der Waals surface area contributed by atoms with Crippen LogP contribution in [-0.2, 0) is 14.8 Å². The number of carbonyl (C=O) groups excluding carboxylic acids is 1. The maximum Gasteiger partial charge on any atom is 0.237 e. The number of carbonyl (C=O) groups is 1. The largest absolute Gasteiger partial charge is 0.355 e. The number of likely N-dealkylation sites (tertiary alicyclic amines) is 1. The number of nitrogens with zero attached hydrogens (tertiary/aromatic N) is 1. The molecule has 0 aliphatic carbocycles. The molecule has 0 saturated carbocycles. The quantitative estimate of drug-likeness (QED) is 0.745. The Labute approximate surface area is 115 Å². The van der Waals surface area contributed by atoms with Crippen molar-refractivity contribution in [2.45, 2.75) is 44.2 Å². The van der Waals surface area contributed by atoms with Crippen molar-refractivity contribution in [1.82, 2.24) is 14.9 Å². The monoisotopic (exact) mass is 289 g/mol. The first-order chi connectivity index (χ1) is 8.96. The lowest BCUT2D eigenvalue weighted by atomic mass is 10.0. The maximum atomic E-state index is 12.0. The maximum absolute atomic E-state index is 12.0. The van der Waals surface area contributed by atoms with Crippen LogP contribution in [0.15, 0.2) is 0 Å². The van der Waals surface area contributed by atoms with Crippen molar-refractivity contribution < 1.29 is 13.2 Å². The predicted octanol–water partition coefficient (Wildman–Crippen LogP) is -0.331. The zero-order chi connectivity index (χ0) is 13.9. The number of sulfonamides is 1. The lowest BCUT2D eigenvalue weighted by Crippen LogP contribution is -2.52. The van der Waals surface area contributed by atoms with Crippen molar-refractivity contribution >= 4 is 15.9 Å². The van der Waals surface area contributed by atoms with E-state index in [9.17, 15) is 13.2 Å². The highest BCUT2D eigenvalue weighted by atomic mass is 32.2. The summed E-state index contributed by atoms with van der Waals surface area (Å²) in [5.74, 6) is 0.132. The average Bonchev–Trinajstić information content (AvgIpc) is 2.53. The molecule has 2 aliphatic heterocycles. The Morgan fingerprint density at radius 1 is 1.21 bits per heavy atom. The van der Waals surface area contributed by atoms with Gasteiger partial charge in [0.15, 0.2) is 0 Å². The van der Waals surface area contributed by atoms with Gasteiger partial charge in [0.05, 0.1) is 12.3 Å². The highest BCUT2D eigenvalue weighted by molar-refractivity contribution is 7.88. The van der Waals surface area contributed by atoms with Crippen LogP contribution < -0.4 is 10.0 Å². The van der Waals surface area contributed by atoms with Gasteiger partial charge in [-0.2, -0.15) is 0 Å². The van der Waals surface area contributed by atoms with Crippen LogP contribution >= 0.6 is 0 Å². The van der Waals surface area contributed by atoms with E-state index in [1.54, 1.807) is 0 Å². The number of hydrogen-bond donors (Lipinski definition) is 2. The van der Waals surface area contributed by atoms with E-state index in [0.717, 1.165) is 51.7 Å². The Bertz CT molecular complexity index is 416. The van der Waals surface area contributed by atoms with Crippen LogP contribution in [0.1, 0.15) is 32.1 Å². The molecule has 0 aromatic heterocycles. The summed E-state index contributed by atoms with van der Waals surface area (Å²) in [5.41, 5.74) is 0. The van der Waals surface area contributed by atoms with Crippen molar-refractivity contribution in [2.24, 2.45) is 0 Å². The van der Waals surface area contributed by atoms with E-state index >= 15 is 0 Å². The third-order valence-electron chi connectivity index (χ3n) is 3.86. The molecule has 1 amide bonds. The molecule has 1 atom stereocenters. The summed E-state index contributed by atoms with van der Waals surface area (Å²) in [6.45, 7) is 2.35. The third kappa shape index (κ3) is 4.43. The average molecular weight is 289 g/mol. The fraction of sp³-hybridized carbons (Fsp3) is 0.917. The minimum atomic E-state index is -3.13. The number of amides is 1. The first kappa shape index (κ1) is 14.7. The van der Waals surface area contributed by atoms with E-state index < -0.39 is 10.0 Å². The molecule has 0 aromatic carbocycles. The normalized spacial score (nSPS) is 27.8. The SMILES string of the molecule is CS(=O)(=O)NC1CCN([C@@H]2CCCCNC2=O)CC1. The second-order valence-corrected chi connectivity index (χ2v) is 7.28. The van der Waals surface area contributed by atoms with Gasteiger partial charge in [-0.1, -0.05) is 0 Å². The number of nitrogens with one attached hydrogen (secondary N) is 2. The molecule has 0 unspecified atom stereocenters. The topological polar surface area (TPSA) is 78.5 Å². The van der Waals surface area contributed by atoms with Gasteiger partial charge in [0, 0.05) is 25.7 Å². The Hall–Kier alpha value is -0.660. The summed E-state index contributed by atoms with van der Waals surface area (Å²) < 4.78 is 25.0. The summed E-state index contributed by atoms with van der Waals surface area (Å²) in [4.78, 5) is 14.2. The van der Waals surface area contributed by atoms with Crippen LogP contribution in [0.5, 0.6) is 0 Å². The number of hydrogen-bond acceptors (Lipinski definition) is 4. The minimum absolute atomic E-state index is 0.0140. The molecule has 2 fully saturated rings. The molecule has 110 valence electrons. The molecule has 0 radical (unpaired) electrons. The highest BCUT2D eigenvalue weighted by Gasteiger charge is 2.30. The molecule has 7 heteroatoms. The van der Waals surface area contributed by atoms with Gasteiger partial charge in [-0.3, -0.25) is 9.69 Å². The highest BCUT2D eigenvalue weighted by Crippen LogP contribution is 2.18. The summed E-state index contributed by atoms with van der Waals surface area (Å²) in [7, 11) is -3.13. The van der Waals surface area contributed by atoms with Crippen molar-refractivity contribution in [3.63, 3.8) is 0 Å². The van der Waals surface area contributed by atoms with E-state index in [-0.39, 0.29) is 18.0 Å². The standard InChI is InChI=1S/C12H23N3O3S/c1-19(17,18)14-10-5-8-15(9-6-10)11-4-2-3-7-13-12(11)16/h10-11,14H,2-9H2,1H3,(H,13,16)/t11-/m1/s1. The molecule has 0 aromatic rings. The van der Waals surface area contributed by atoms with E-state index in [4.69, 9.17) is 0 Å². The first-order valence-electron chi connectivity index (χ1n) is 6.95. The van der Waals surface area contributed by atoms with Crippen LogP contribution in [0.3, 0.4) is 0 Å². The molecule has 0 spiro atoms. The summed E-state index contributed by atoms with van der Waals surface area (Å²) >= 11 is 0. The molecule has 19 heavy (non-hydrogen) atoms. The van der Waals surface area contributed by atoms with Gasteiger partial charge >= 0.3 is 0 Å². The van der Waals surface area contributed by atoms with Gasteiger partial charge in [0.2, 0.25) is 15.9 Å². The predicted molar refractivity (Wildman–Crippen MR) is 73.2 cm³/mol. The molecule has 2 N–H and O–H groups in total. The molecular formula is C12H23N3O3S. The number of piperidine rings is 1. The van der Waals surface area contributed by atoms with Gasteiger partial charge in [-0.25, -0.2) is 13.1 Å². The van der Waals surface area contributed by atoms with Gasteiger partial charge in [0.1, 0.15) is 0 Å². The molecule has 2 aliphatic rings. The molecule has 0 bridgehead atoms. The molecule has 2 saturated heterocycles. The minimum Gasteiger partial charge on any atom is -0.355 e. The van der Waals surface area contributed by atoms with E-state index in [0.29, 0.717) is 0 Å². The van der Waals surface area contributed by atoms with Crippen LogP contribution in [0.25, 0.3) is 0 Å². The van der Waals surface area contributed by atoms with Crippen molar-refractivity contribution in [1.29, 1.82) is 0 Å². The van der Waals surface area contributed by atoms with E-state index in [2.05, 4.69) is 14.9 Å². The number of rotatable bonds is 3. The van der Waals surface area contributed by atoms with Crippen molar-refractivity contribution in [3.8, 4) is 0 Å². The Morgan fingerprint density at radius 2 is 1.89 bits per heavy atom. The van der Waals surface area contributed by atoms with Gasteiger partial charge in [-0.15, -0.1) is 0 Å². The fourth-order valence-corrected chi connectivity index (χ4v) is 3.74. The molecule has 2 rings (SSSR count). The van der Waals surface area contributed by atoms with Gasteiger partial charge in [-0.05, 0) is 32.1 Å². The smallest absolute Gasteiger partial charge is 0.237 e. The lowest BCUT2D eigenvalue weighted by Gasteiger charge is -2.36. The van der Waals surface area contributed by atoms with E-state index in [1.807, 2.05) is 0 Å². The summed E-state index contributed by atoms with van der Waals surface area (Å²) in [6, 6.07) is -0.0122. The zero-order valence-corrected chi connectivity index (χ0v) is 12.2. The van der Waals surface area contributed by atoms with Crippen LogP contribution in [0.2, 0.25) is 0 Å². The fourth-order valence-electron chi connectivity index (χ4n) is 2.90. The van der Waals surface area contributed by atoms with E-state index in [1.165, 1.54) is 6.26 Å².